The summed E-state index contributed by atoms with van der Waals surface area (Å²) in [4.78, 5) is 11.2. The van der Waals surface area contributed by atoms with E-state index in [-0.39, 0.29) is 10.9 Å². The van der Waals surface area contributed by atoms with Crippen LogP contribution in [-0.4, -0.2) is 12.5 Å². The van der Waals surface area contributed by atoms with Crippen LogP contribution in [0.1, 0.15) is 12.8 Å². The molecule has 0 spiro atoms. The number of halogens is 3. The Morgan fingerprint density at radius 3 is 2.44 bits per heavy atom. The lowest BCUT2D eigenvalue weighted by atomic mass is 10.2. The Morgan fingerprint density at radius 1 is 1.38 bits per heavy atom. The molecule has 16 heavy (non-hydrogen) atoms. The van der Waals surface area contributed by atoms with Gasteiger partial charge in [0, 0.05) is 10.9 Å². The fourth-order valence-corrected chi connectivity index (χ4v) is 1.53. The minimum absolute atomic E-state index is 0.144. The molecule has 3 N–H and O–H groups in total. The van der Waals surface area contributed by atoms with Gasteiger partial charge in [-0.05, 0) is 25.1 Å². The van der Waals surface area contributed by atoms with Gasteiger partial charge in [0.2, 0.25) is 5.91 Å². The molecule has 3 nitrogen and oxygen atoms in total. The van der Waals surface area contributed by atoms with Crippen molar-refractivity contribution in [3.63, 3.8) is 0 Å². The van der Waals surface area contributed by atoms with E-state index in [2.05, 4.69) is 21.2 Å². The van der Waals surface area contributed by atoms with Crippen LogP contribution in [-0.2, 0) is 4.79 Å². The standard InChI is InChI=1S/C10H11BrF2N2O/c11-6-4-7(12)10(8(13)5-6)15-9(16)2-1-3-14/h4-5H,1-3,14H2,(H,15,16). The number of carbonyl (C=O) groups excluding carboxylic acids is 1. The predicted octanol–water partition coefficient (Wildman–Crippen LogP) is 2.40. The minimum Gasteiger partial charge on any atom is -0.330 e. The van der Waals surface area contributed by atoms with Crippen molar-refractivity contribution in [3.8, 4) is 0 Å². The van der Waals surface area contributed by atoms with E-state index in [0.29, 0.717) is 13.0 Å². The third-order valence-electron chi connectivity index (χ3n) is 1.88. The lowest BCUT2D eigenvalue weighted by molar-refractivity contribution is -0.116. The van der Waals surface area contributed by atoms with Crippen LogP contribution >= 0.6 is 15.9 Å². The molecule has 1 rings (SSSR count). The monoisotopic (exact) mass is 292 g/mol. The average molecular weight is 293 g/mol. The zero-order valence-corrected chi connectivity index (χ0v) is 9.98. The molecule has 1 aromatic rings. The maximum Gasteiger partial charge on any atom is 0.224 e. The molecule has 0 fully saturated rings. The number of rotatable bonds is 4. The Morgan fingerprint density at radius 2 is 1.94 bits per heavy atom. The van der Waals surface area contributed by atoms with Crippen molar-refractivity contribution < 1.29 is 13.6 Å². The van der Waals surface area contributed by atoms with Gasteiger partial charge in [0.25, 0.3) is 0 Å². The Kier molecular flexibility index (Phi) is 4.82. The molecule has 0 radical (unpaired) electrons. The molecule has 0 aliphatic heterocycles. The SMILES string of the molecule is NCCCC(=O)Nc1c(F)cc(Br)cc1F. The summed E-state index contributed by atoms with van der Waals surface area (Å²) in [6.07, 6.45) is 0.622. The topological polar surface area (TPSA) is 55.1 Å². The third-order valence-corrected chi connectivity index (χ3v) is 2.34. The van der Waals surface area contributed by atoms with Gasteiger partial charge in [-0.15, -0.1) is 0 Å². The van der Waals surface area contributed by atoms with Gasteiger partial charge in [-0.25, -0.2) is 8.78 Å². The van der Waals surface area contributed by atoms with Crippen LogP contribution in [0.3, 0.4) is 0 Å². The molecule has 88 valence electrons. The van der Waals surface area contributed by atoms with Crippen molar-refractivity contribution in [2.24, 2.45) is 5.73 Å². The molecule has 0 saturated heterocycles. The van der Waals surface area contributed by atoms with E-state index in [0.717, 1.165) is 12.1 Å². The van der Waals surface area contributed by atoms with Crippen molar-refractivity contribution in [2.75, 3.05) is 11.9 Å². The molecule has 0 aromatic heterocycles. The first-order valence-corrected chi connectivity index (χ1v) is 5.48. The van der Waals surface area contributed by atoms with Crippen LogP contribution in [0.5, 0.6) is 0 Å². The summed E-state index contributed by atoms with van der Waals surface area (Å²) in [5, 5.41) is 2.18. The smallest absolute Gasteiger partial charge is 0.224 e. The summed E-state index contributed by atoms with van der Waals surface area (Å²) in [5.41, 5.74) is 4.79. The number of amides is 1. The molecule has 0 aliphatic rings. The summed E-state index contributed by atoms with van der Waals surface area (Å²) in [6.45, 7) is 0.360. The molecular formula is C10H11BrF2N2O. The normalized spacial score (nSPS) is 10.2. The van der Waals surface area contributed by atoms with E-state index in [9.17, 15) is 13.6 Å². The van der Waals surface area contributed by atoms with Crippen LogP contribution in [0.25, 0.3) is 0 Å². The predicted molar refractivity (Wildman–Crippen MR) is 61.0 cm³/mol. The molecule has 0 atom stereocenters. The summed E-state index contributed by atoms with van der Waals surface area (Å²) < 4.78 is 26.8. The van der Waals surface area contributed by atoms with Gasteiger partial charge in [-0.1, -0.05) is 15.9 Å². The number of carbonyl (C=O) groups is 1. The second-order valence-electron chi connectivity index (χ2n) is 3.18. The molecular weight excluding hydrogens is 282 g/mol. The van der Waals surface area contributed by atoms with Crippen molar-refractivity contribution in [3.05, 3.63) is 28.2 Å². The molecule has 1 aromatic carbocycles. The highest BCUT2D eigenvalue weighted by Crippen LogP contribution is 2.23. The van der Waals surface area contributed by atoms with Gasteiger partial charge in [0.05, 0.1) is 0 Å². The maximum absolute atomic E-state index is 13.3. The summed E-state index contributed by atoms with van der Waals surface area (Å²) >= 11 is 2.95. The second kappa shape index (κ2) is 5.91. The largest absolute Gasteiger partial charge is 0.330 e. The first-order chi connectivity index (χ1) is 7.54. The number of hydrogen-bond donors (Lipinski definition) is 2. The number of anilines is 1. The van der Waals surface area contributed by atoms with Gasteiger partial charge in [-0.3, -0.25) is 4.79 Å². The van der Waals surface area contributed by atoms with Crippen molar-refractivity contribution in [2.45, 2.75) is 12.8 Å². The van der Waals surface area contributed by atoms with Crippen LogP contribution in [0.2, 0.25) is 0 Å². The fraction of sp³-hybridized carbons (Fsp3) is 0.300. The Hall–Kier alpha value is -1.01. The maximum atomic E-state index is 13.3. The number of nitrogens with two attached hydrogens (primary N) is 1. The zero-order chi connectivity index (χ0) is 12.1. The van der Waals surface area contributed by atoms with Crippen LogP contribution < -0.4 is 11.1 Å². The minimum atomic E-state index is -0.812. The van der Waals surface area contributed by atoms with Crippen LogP contribution in [0.15, 0.2) is 16.6 Å². The highest BCUT2D eigenvalue weighted by molar-refractivity contribution is 9.10. The quantitative estimate of drug-likeness (QED) is 0.895. The van der Waals surface area contributed by atoms with E-state index < -0.39 is 23.2 Å². The number of nitrogens with one attached hydrogen (secondary N) is 1. The fourth-order valence-electron chi connectivity index (χ4n) is 1.13. The zero-order valence-electron chi connectivity index (χ0n) is 8.40. The lowest BCUT2D eigenvalue weighted by Gasteiger charge is -2.07. The van der Waals surface area contributed by atoms with Crippen molar-refractivity contribution in [1.82, 2.24) is 0 Å². The molecule has 0 heterocycles. The van der Waals surface area contributed by atoms with Gasteiger partial charge in [0.15, 0.2) is 11.6 Å². The van der Waals surface area contributed by atoms with E-state index in [1.807, 2.05) is 0 Å². The summed E-state index contributed by atoms with van der Waals surface area (Å²) in [7, 11) is 0. The van der Waals surface area contributed by atoms with Crippen molar-refractivity contribution in [1.29, 1.82) is 0 Å². The summed E-state index contributed by atoms with van der Waals surface area (Å²) in [5.74, 6) is -2.08. The summed E-state index contributed by atoms with van der Waals surface area (Å²) in [6, 6.07) is 2.17. The van der Waals surface area contributed by atoms with Crippen molar-refractivity contribution >= 4 is 27.5 Å². The Bertz CT molecular complexity index is 375. The molecule has 1 amide bonds. The highest BCUT2D eigenvalue weighted by Gasteiger charge is 2.12. The van der Waals surface area contributed by atoms with E-state index in [1.165, 1.54) is 0 Å². The molecule has 0 unspecified atom stereocenters. The van der Waals surface area contributed by atoms with E-state index in [4.69, 9.17) is 5.73 Å². The first-order valence-electron chi connectivity index (χ1n) is 4.69. The number of benzene rings is 1. The lowest BCUT2D eigenvalue weighted by Crippen LogP contribution is -2.15. The van der Waals surface area contributed by atoms with Gasteiger partial charge >= 0.3 is 0 Å². The van der Waals surface area contributed by atoms with Crippen LogP contribution in [0.4, 0.5) is 14.5 Å². The molecule has 0 saturated carbocycles. The second-order valence-corrected chi connectivity index (χ2v) is 4.10. The van der Waals surface area contributed by atoms with Gasteiger partial charge in [0.1, 0.15) is 5.69 Å². The Balaban J connectivity index is 2.77. The highest BCUT2D eigenvalue weighted by atomic mass is 79.9. The van der Waals surface area contributed by atoms with Gasteiger partial charge in [-0.2, -0.15) is 0 Å². The molecule has 6 heteroatoms. The van der Waals surface area contributed by atoms with Gasteiger partial charge < -0.3 is 11.1 Å². The van der Waals surface area contributed by atoms with E-state index in [1.54, 1.807) is 0 Å². The Labute approximate surface area is 100 Å². The molecule has 0 aliphatic carbocycles. The van der Waals surface area contributed by atoms with E-state index >= 15 is 0 Å². The number of hydrogen-bond acceptors (Lipinski definition) is 2. The molecule has 0 bridgehead atoms. The third kappa shape index (κ3) is 3.53. The average Bonchev–Trinajstić information content (AvgIpc) is 2.20. The van der Waals surface area contributed by atoms with Crippen LogP contribution in [0, 0.1) is 11.6 Å². The first kappa shape index (κ1) is 13.1.